The van der Waals surface area contributed by atoms with Crippen molar-refractivity contribution in [1.29, 1.82) is 0 Å². The summed E-state index contributed by atoms with van der Waals surface area (Å²) in [6.45, 7) is 1.81. The van der Waals surface area contributed by atoms with Crippen LogP contribution < -0.4 is 15.1 Å². The Morgan fingerprint density at radius 2 is 1.87 bits per heavy atom. The summed E-state index contributed by atoms with van der Waals surface area (Å²) >= 11 is 0. The average Bonchev–Trinajstić information content (AvgIpc) is 2.94. The predicted octanol–water partition coefficient (Wildman–Crippen LogP) is -0.0856. The monoisotopic (exact) mass is 321 g/mol. The fourth-order valence-electron chi connectivity index (χ4n) is 2.67. The molecule has 8 nitrogen and oxygen atoms in total. The maximum absolute atomic E-state index is 11.9. The third-order valence-electron chi connectivity index (χ3n) is 3.82. The van der Waals surface area contributed by atoms with Gasteiger partial charge in [-0.3, -0.25) is 15.0 Å². The second-order valence-corrected chi connectivity index (χ2v) is 5.34. The normalized spacial score (nSPS) is 21.7. The molecule has 2 fully saturated rings. The molecule has 8 heteroatoms. The van der Waals surface area contributed by atoms with Gasteiger partial charge in [-0.2, -0.15) is 0 Å². The largest absolute Gasteiger partial charge is 0.443 e. The molecular weight excluding hydrogens is 302 g/mol. The summed E-state index contributed by atoms with van der Waals surface area (Å²) in [4.78, 5) is 26.9. The van der Waals surface area contributed by atoms with E-state index in [0.29, 0.717) is 31.9 Å². The molecule has 2 amide bonds. The lowest BCUT2D eigenvalue weighted by atomic mass is 10.2. The minimum atomic E-state index is -0.412. The maximum atomic E-state index is 11.9. The SMILES string of the molecule is O=C1COCCN1c1ccc(N2CC(CNCO)OC2=O)cc1. The van der Waals surface area contributed by atoms with Gasteiger partial charge in [-0.05, 0) is 24.3 Å². The molecule has 1 aromatic rings. The van der Waals surface area contributed by atoms with E-state index in [-0.39, 0.29) is 25.3 Å². The Balaban J connectivity index is 1.67. The molecule has 1 atom stereocenters. The first-order valence-electron chi connectivity index (χ1n) is 7.47. The number of aliphatic hydroxyl groups excluding tert-OH is 1. The number of aliphatic hydroxyl groups is 1. The van der Waals surface area contributed by atoms with Crippen molar-refractivity contribution in [3.05, 3.63) is 24.3 Å². The molecule has 124 valence electrons. The van der Waals surface area contributed by atoms with E-state index >= 15 is 0 Å². The third-order valence-corrected chi connectivity index (χ3v) is 3.82. The van der Waals surface area contributed by atoms with Crippen molar-refractivity contribution in [2.75, 3.05) is 49.4 Å². The van der Waals surface area contributed by atoms with Crippen molar-refractivity contribution >= 4 is 23.4 Å². The van der Waals surface area contributed by atoms with E-state index in [1.54, 1.807) is 17.0 Å². The van der Waals surface area contributed by atoms with E-state index in [2.05, 4.69) is 5.32 Å². The van der Waals surface area contributed by atoms with Crippen LogP contribution in [0.3, 0.4) is 0 Å². The van der Waals surface area contributed by atoms with E-state index in [1.807, 2.05) is 12.1 Å². The number of nitrogens with zero attached hydrogens (tertiary/aromatic N) is 2. The van der Waals surface area contributed by atoms with Crippen LogP contribution in [0, 0.1) is 0 Å². The van der Waals surface area contributed by atoms with E-state index in [9.17, 15) is 9.59 Å². The van der Waals surface area contributed by atoms with Crippen molar-refractivity contribution in [1.82, 2.24) is 5.32 Å². The zero-order chi connectivity index (χ0) is 16.2. The van der Waals surface area contributed by atoms with E-state index < -0.39 is 6.09 Å². The van der Waals surface area contributed by atoms with Crippen molar-refractivity contribution in [3.8, 4) is 0 Å². The van der Waals surface area contributed by atoms with Gasteiger partial charge in [0.05, 0.1) is 19.9 Å². The Morgan fingerprint density at radius 1 is 1.17 bits per heavy atom. The van der Waals surface area contributed by atoms with Crippen LogP contribution in [-0.2, 0) is 14.3 Å². The lowest BCUT2D eigenvalue weighted by Gasteiger charge is -2.27. The summed E-state index contributed by atoms with van der Waals surface area (Å²) in [5, 5.41) is 11.5. The summed E-state index contributed by atoms with van der Waals surface area (Å²) in [6.07, 6.45) is -0.708. The zero-order valence-corrected chi connectivity index (χ0v) is 12.6. The van der Waals surface area contributed by atoms with Gasteiger partial charge in [-0.15, -0.1) is 0 Å². The number of anilines is 2. The lowest BCUT2D eigenvalue weighted by Crippen LogP contribution is -2.41. The first-order chi connectivity index (χ1) is 11.2. The molecule has 0 aliphatic carbocycles. The van der Waals surface area contributed by atoms with E-state index in [0.717, 1.165) is 5.69 Å². The Morgan fingerprint density at radius 3 is 2.52 bits per heavy atom. The number of amides is 2. The number of hydrogen-bond acceptors (Lipinski definition) is 6. The molecule has 0 aromatic heterocycles. The number of hydrogen-bond donors (Lipinski definition) is 2. The topological polar surface area (TPSA) is 91.3 Å². The number of rotatable bonds is 5. The number of carbonyl (C=O) groups excluding carboxylic acids is 2. The Hall–Kier alpha value is -2.16. The van der Waals surface area contributed by atoms with Gasteiger partial charge in [0.1, 0.15) is 12.7 Å². The highest BCUT2D eigenvalue weighted by Crippen LogP contribution is 2.25. The van der Waals surface area contributed by atoms with Crippen molar-refractivity contribution in [3.63, 3.8) is 0 Å². The molecule has 1 unspecified atom stereocenters. The smallest absolute Gasteiger partial charge is 0.414 e. The molecule has 0 radical (unpaired) electrons. The van der Waals surface area contributed by atoms with Crippen LogP contribution in [0.2, 0.25) is 0 Å². The molecule has 2 aliphatic rings. The Labute approximate surface area is 133 Å². The van der Waals surface area contributed by atoms with Gasteiger partial charge in [0.15, 0.2) is 0 Å². The predicted molar refractivity (Wildman–Crippen MR) is 82.3 cm³/mol. The van der Waals surface area contributed by atoms with Crippen LogP contribution in [-0.4, -0.2) is 62.8 Å². The van der Waals surface area contributed by atoms with Crippen LogP contribution in [0.4, 0.5) is 16.2 Å². The minimum absolute atomic E-state index is 0.0697. The summed E-state index contributed by atoms with van der Waals surface area (Å²) in [7, 11) is 0. The first-order valence-corrected chi connectivity index (χ1v) is 7.47. The molecule has 0 bridgehead atoms. The quantitative estimate of drug-likeness (QED) is 0.737. The standard InChI is InChI=1S/C15H19N3O5/c19-10-16-7-13-8-18(15(21)23-13)12-3-1-11(2-4-12)17-5-6-22-9-14(17)20/h1-4,13,16,19H,5-10H2. The summed E-state index contributed by atoms with van der Waals surface area (Å²) in [5.41, 5.74) is 1.50. The molecule has 2 N–H and O–H groups in total. The van der Waals surface area contributed by atoms with Crippen molar-refractivity contribution in [2.24, 2.45) is 0 Å². The zero-order valence-electron chi connectivity index (χ0n) is 12.6. The van der Waals surface area contributed by atoms with Gasteiger partial charge < -0.3 is 19.5 Å². The number of benzene rings is 1. The van der Waals surface area contributed by atoms with Crippen molar-refractivity contribution < 1.29 is 24.2 Å². The van der Waals surface area contributed by atoms with Crippen LogP contribution in [0.1, 0.15) is 0 Å². The molecule has 1 aromatic carbocycles. The van der Waals surface area contributed by atoms with Gasteiger partial charge in [-0.25, -0.2) is 4.79 Å². The third kappa shape index (κ3) is 3.44. The molecule has 3 rings (SSSR count). The summed E-state index contributed by atoms with van der Waals surface area (Å²) in [5.74, 6) is -0.0697. The second-order valence-electron chi connectivity index (χ2n) is 5.34. The highest BCUT2D eigenvalue weighted by atomic mass is 16.6. The number of carbonyl (C=O) groups is 2. The molecular formula is C15H19N3O5. The Bertz CT molecular complexity index is 577. The molecule has 23 heavy (non-hydrogen) atoms. The number of nitrogens with one attached hydrogen (secondary N) is 1. The minimum Gasteiger partial charge on any atom is -0.443 e. The number of cyclic esters (lactones) is 1. The van der Waals surface area contributed by atoms with Gasteiger partial charge in [0.2, 0.25) is 0 Å². The average molecular weight is 321 g/mol. The molecule has 2 saturated heterocycles. The van der Waals surface area contributed by atoms with Gasteiger partial charge in [0, 0.05) is 24.5 Å². The highest BCUT2D eigenvalue weighted by molar-refractivity contribution is 5.95. The van der Waals surface area contributed by atoms with E-state index in [1.165, 1.54) is 4.90 Å². The Kier molecular flexibility index (Phi) is 4.75. The van der Waals surface area contributed by atoms with Crippen LogP contribution in [0.5, 0.6) is 0 Å². The fourth-order valence-corrected chi connectivity index (χ4v) is 2.67. The van der Waals surface area contributed by atoms with E-state index in [4.69, 9.17) is 14.6 Å². The summed E-state index contributed by atoms with van der Waals surface area (Å²) in [6, 6.07) is 7.21. The van der Waals surface area contributed by atoms with Crippen LogP contribution >= 0.6 is 0 Å². The van der Waals surface area contributed by atoms with Gasteiger partial charge in [0.25, 0.3) is 5.91 Å². The molecule has 0 saturated carbocycles. The maximum Gasteiger partial charge on any atom is 0.414 e. The molecule has 2 heterocycles. The highest BCUT2D eigenvalue weighted by Gasteiger charge is 2.32. The number of morpholine rings is 1. The summed E-state index contributed by atoms with van der Waals surface area (Å²) < 4.78 is 10.3. The van der Waals surface area contributed by atoms with Crippen molar-refractivity contribution in [2.45, 2.75) is 6.10 Å². The second kappa shape index (κ2) is 6.95. The van der Waals surface area contributed by atoms with Gasteiger partial charge in [-0.1, -0.05) is 0 Å². The fraction of sp³-hybridized carbons (Fsp3) is 0.467. The molecule has 2 aliphatic heterocycles. The van der Waals surface area contributed by atoms with Crippen LogP contribution in [0.15, 0.2) is 24.3 Å². The lowest BCUT2D eigenvalue weighted by molar-refractivity contribution is -0.125. The van der Waals surface area contributed by atoms with Gasteiger partial charge >= 0.3 is 6.09 Å². The number of ether oxygens (including phenoxy) is 2. The van der Waals surface area contributed by atoms with Crippen LogP contribution in [0.25, 0.3) is 0 Å². The first kappa shape index (κ1) is 15.7. The molecule has 0 spiro atoms.